The van der Waals surface area contributed by atoms with Gasteiger partial charge in [0.25, 0.3) is 0 Å². The number of carbonyl (C=O) groups is 1. The van der Waals surface area contributed by atoms with E-state index < -0.39 is 0 Å². The molecule has 86 valence electrons. The van der Waals surface area contributed by atoms with Gasteiger partial charge in [0.1, 0.15) is 0 Å². The van der Waals surface area contributed by atoms with Crippen molar-refractivity contribution in [3.05, 3.63) is 0 Å². The summed E-state index contributed by atoms with van der Waals surface area (Å²) in [5.74, 6) is 1.12. The van der Waals surface area contributed by atoms with Crippen molar-refractivity contribution in [2.45, 2.75) is 45.6 Å². The van der Waals surface area contributed by atoms with Crippen molar-refractivity contribution in [2.24, 2.45) is 11.3 Å². The summed E-state index contributed by atoms with van der Waals surface area (Å²) in [6.07, 6.45) is 5.13. The second-order valence-electron chi connectivity index (χ2n) is 5.65. The fourth-order valence-electron chi connectivity index (χ4n) is 2.76. The Labute approximate surface area is 101 Å². The zero-order chi connectivity index (χ0) is 11.1. The van der Waals surface area contributed by atoms with Crippen LogP contribution in [0.3, 0.4) is 0 Å². The number of rotatable bonds is 2. The molecule has 3 fully saturated rings. The highest BCUT2D eigenvalue weighted by molar-refractivity contribution is 9.09. The third-order valence-corrected chi connectivity index (χ3v) is 5.29. The molecule has 2 aliphatic heterocycles. The third-order valence-electron chi connectivity index (χ3n) is 3.89. The lowest BCUT2D eigenvalue weighted by Gasteiger charge is -2.47. The zero-order valence-corrected chi connectivity index (χ0v) is 11.2. The molecule has 0 unspecified atom stereocenters. The lowest BCUT2D eigenvalue weighted by Crippen LogP contribution is -2.54. The minimum Gasteiger partial charge on any atom is -0.339 e. The van der Waals surface area contributed by atoms with Crippen molar-refractivity contribution in [3.8, 4) is 0 Å². The van der Waals surface area contributed by atoms with Crippen molar-refractivity contribution in [2.75, 3.05) is 11.9 Å². The number of amides is 1. The van der Waals surface area contributed by atoms with Crippen LogP contribution in [0.4, 0.5) is 0 Å². The van der Waals surface area contributed by atoms with Gasteiger partial charge >= 0.3 is 0 Å². The van der Waals surface area contributed by atoms with Gasteiger partial charge in [-0.3, -0.25) is 4.79 Å². The van der Waals surface area contributed by atoms with E-state index in [1.165, 1.54) is 25.7 Å². The molecule has 1 saturated carbocycles. The van der Waals surface area contributed by atoms with Crippen LogP contribution in [0, 0.1) is 11.3 Å². The molecule has 0 aromatic rings. The fourth-order valence-corrected chi connectivity index (χ4v) is 3.00. The molecule has 3 rings (SSSR count). The second-order valence-corrected chi connectivity index (χ2v) is 6.21. The average molecular weight is 274 g/mol. The molecule has 3 aliphatic rings. The normalized spacial score (nSPS) is 30.7. The van der Waals surface area contributed by atoms with Crippen LogP contribution >= 0.6 is 15.9 Å². The van der Waals surface area contributed by atoms with E-state index in [2.05, 4.69) is 20.8 Å². The van der Waals surface area contributed by atoms with E-state index in [0.717, 1.165) is 17.8 Å². The van der Waals surface area contributed by atoms with Crippen LogP contribution in [-0.4, -0.2) is 28.7 Å². The number of hydrogen-bond donors (Lipinski definition) is 0. The van der Waals surface area contributed by atoms with E-state index in [1.807, 2.05) is 13.8 Å². The van der Waals surface area contributed by atoms with Crippen LogP contribution in [0.2, 0.25) is 0 Å². The number of carbonyl (C=O) groups excluding carboxylic acids is 1. The topological polar surface area (TPSA) is 20.3 Å². The van der Waals surface area contributed by atoms with Crippen LogP contribution in [-0.2, 0) is 4.79 Å². The Bertz CT molecular complexity index is 256. The Morgan fingerprint density at radius 2 is 1.93 bits per heavy atom. The van der Waals surface area contributed by atoms with Crippen LogP contribution in [0.1, 0.15) is 39.5 Å². The maximum Gasteiger partial charge on any atom is 0.229 e. The predicted octanol–water partition coefficient (Wildman–Crippen LogP) is 2.81. The molecule has 1 amide bonds. The fraction of sp³-hybridized carbons (Fsp3) is 0.917. The number of nitrogens with zero attached hydrogens (tertiary/aromatic N) is 1. The summed E-state index contributed by atoms with van der Waals surface area (Å²) in [6, 6.07) is 0.542. The molecule has 1 aliphatic carbocycles. The van der Waals surface area contributed by atoms with E-state index in [-0.39, 0.29) is 5.41 Å². The molecule has 0 aromatic carbocycles. The zero-order valence-electron chi connectivity index (χ0n) is 9.63. The first-order valence-corrected chi connectivity index (χ1v) is 7.04. The van der Waals surface area contributed by atoms with Gasteiger partial charge in [0.15, 0.2) is 0 Å². The summed E-state index contributed by atoms with van der Waals surface area (Å²) in [7, 11) is 0. The third kappa shape index (κ3) is 2.08. The SMILES string of the molecule is CC(C)(CBr)C(=O)N1CC2CCC1CC2. The highest BCUT2D eigenvalue weighted by Crippen LogP contribution is 2.37. The van der Waals surface area contributed by atoms with Crippen molar-refractivity contribution in [1.29, 1.82) is 0 Å². The molecular formula is C12H20BrNO. The molecule has 0 N–H and O–H groups in total. The molecule has 2 bridgehead atoms. The van der Waals surface area contributed by atoms with Gasteiger partial charge in [-0.2, -0.15) is 0 Å². The van der Waals surface area contributed by atoms with Gasteiger partial charge in [-0.25, -0.2) is 0 Å². The van der Waals surface area contributed by atoms with Crippen molar-refractivity contribution in [3.63, 3.8) is 0 Å². The molecule has 3 heteroatoms. The molecule has 2 nitrogen and oxygen atoms in total. The molecular weight excluding hydrogens is 254 g/mol. The Hall–Kier alpha value is -0.0500. The van der Waals surface area contributed by atoms with Crippen molar-refractivity contribution < 1.29 is 4.79 Å². The number of hydrogen-bond acceptors (Lipinski definition) is 1. The lowest BCUT2D eigenvalue weighted by atomic mass is 9.78. The average Bonchev–Trinajstić information content (AvgIpc) is 2.29. The maximum atomic E-state index is 12.3. The summed E-state index contributed by atoms with van der Waals surface area (Å²) in [5, 5.41) is 0.757. The molecule has 0 atom stereocenters. The number of fused-ring (bicyclic) bond motifs is 3. The summed E-state index contributed by atoms with van der Waals surface area (Å²) >= 11 is 3.44. The van der Waals surface area contributed by atoms with E-state index >= 15 is 0 Å². The van der Waals surface area contributed by atoms with Gasteiger partial charge in [-0.15, -0.1) is 0 Å². The van der Waals surface area contributed by atoms with Crippen molar-refractivity contribution >= 4 is 21.8 Å². The predicted molar refractivity (Wildman–Crippen MR) is 65.0 cm³/mol. The standard InChI is InChI=1S/C12H20BrNO/c1-12(2,8-13)11(15)14-7-9-3-5-10(14)6-4-9/h9-10H,3-8H2,1-2H3. The molecule has 2 saturated heterocycles. The monoisotopic (exact) mass is 273 g/mol. The first kappa shape index (κ1) is 11.4. The largest absolute Gasteiger partial charge is 0.339 e. The molecule has 15 heavy (non-hydrogen) atoms. The smallest absolute Gasteiger partial charge is 0.229 e. The molecule has 0 spiro atoms. The number of piperidine rings is 2. The quantitative estimate of drug-likeness (QED) is 0.709. The minimum absolute atomic E-state index is 0.239. The molecule has 0 aromatic heterocycles. The summed E-state index contributed by atoms with van der Waals surface area (Å²) < 4.78 is 0. The van der Waals surface area contributed by atoms with Crippen LogP contribution in [0.15, 0.2) is 0 Å². The van der Waals surface area contributed by atoms with E-state index in [9.17, 15) is 4.79 Å². The Morgan fingerprint density at radius 3 is 2.33 bits per heavy atom. The van der Waals surface area contributed by atoms with Gasteiger partial charge < -0.3 is 4.90 Å². The Morgan fingerprint density at radius 1 is 1.33 bits per heavy atom. The van der Waals surface area contributed by atoms with E-state index in [4.69, 9.17) is 0 Å². The molecule has 2 heterocycles. The lowest BCUT2D eigenvalue weighted by molar-refractivity contribution is -0.146. The van der Waals surface area contributed by atoms with Gasteiger partial charge in [0.05, 0.1) is 5.41 Å². The van der Waals surface area contributed by atoms with Crippen molar-refractivity contribution in [1.82, 2.24) is 4.90 Å². The maximum absolute atomic E-state index is 12.3. The van der Waals surface area contributed by atoms with Gasteiger partial charge in [0.2, 0.25) is 5.91 Å². The second kappa shape index (κ2) is 4.08. The highest BCUT2D eigenvalue weighted by atomic mass is 79.9. The summed E-state index contributed by atoms with van der Waals surface area (Å²) in [4.78, 5) is 14.5. The summed E-state index contributed by atoms with van der Waals surface area (Å²) in [5.41, 5.74) is -0.239. The Kier molecular flexibility index (Phi) is 3.11. The van der Waals surface area contributed by atoms with E-state index in [1.54, 1.807) is 0 Å². The number of halogens is 1. The first-order chi connectivity index (χ1) is 7.04. The van der Waals surface area contributed by atoms with Gasteiger partial charge in [-0.05, 0) is 31.6 Å². The molecule has 0 radical (unpaired) electrons. The van der Waals surface area contributed by atoms with Gasteiger partial charge in [-0.1, -0.05) is 29.8 Å². The minimum atomic E-state index is -0.239. The summed E-state index contributed by atoms with van der Waals surface area (Å²) in [6.45, 7) is 5.08. The number of alkyl halides is 1. The van der Waals surface area contributed by atoms with E-state index in [0.29, 0.717) is 11.9 Å². The van der Waals surface area contributed by atoms with Crippen LogP contribution in [0.5, 0.6) is 0 Å². The van der Waals surface area contributed by atoms with Crippen LogP contribution < -0.4 is 0 Å². The van der Waals surface area contributed by atoms with Crippen LogP contribution in [0.25, 0.3) is 0 Å². The van der Waals surface area contributed by atoms with Gasteiger partial charge in [0, 0.05) is 17.9 Å². The highest BCUT2D eigenvalue weighted by Gasteiger charge is 2.40. The first-order valence-electron chi connectivity index (χ1n) is 5.91. The Balaban J connectivity index is 2.08.